The predicted molar refractivity (Wildman–Crippen MR) is 223 cm³/mol. The van der Waals surface area contributed by atoms with Crippen LogP contribution in [-0.4, -0.2) is 128 Å². The van der Waals surface area contributed by atoms with Crippen molar-refractivity contribution in [2.45, 2.75) is 102 Å². The van der Waals surface area contributed by atoms with E-state index in [0.29, 0.717) is 12.8 Å². The van der Waals surface area contributed by atoms with E-state index < -0.39 is 101 Å². The third-order valence-electron chi connectivity index (χ3n) is 11.9. The lowest BCUT2D eigenvalue weighted by atomic mass is 9.87. The Hall–Kier alpha value is -6.65. The van der Waals surface area contributed by atoms with Crippen LogP contribution in [0.4, 0.5) is 0 Å². The van der Waals surface area contributed by atoms with Crippen LogP contribution in [0.5, 0.6) is 5.75 Å². The molecule has 0 bridgehead atoms. The quantitative estimate of drug-likeness (QED) is 0.251. The second-order valence-corrected chi connectivity index (χ2v) is 15.9. The molecular formula is C45H53N7O10. The minimum atomic E-state index is -1.68. The molecular weight excluding hydrogens is 799 g/mol. The Morgan fingerprint density at radius 2 is 1.53 bits per heavy atom. The van der Waals surface area contributed by atoms with Gasteiger partial charge in [0.25, 0.3) is 5.91 Å². The SMILES string of the molecule is CCC1CN2C(=O)[C@H](Cc3ccccc3)N(C)C(=O)[C@@H]3CCCN3C(=O)[C@@H](CC)NC(=O)[C@@H](NC(=O)c3ncccc3O)[C@@H](C)OC(=O)[C@H](c3ccccc3)NC(=O)[C@@H]2CC1=O. The van der Waals surface area contributed by atoms with E-state index >= 15 is 4.79 Å². The van der Waals surface area contributed by atoms with Gasteiger partial charge in [0.2, 0.25) is 29.5 Å². The molecule has 4 heterocycles. The number of amides is 6. The molecule has 0 spiro atoms. The van der Waals surface area contributed by atoms with Crippen molar-refractivity contribution in [2.24, 2.45) is 5.92 Å². The maximum absolute atomic E-state index is 15.1. The summed E-state index contributed by atoms with van der Waals surface area (Å²) in [6.45, 7) is 4.85. The van der Waals surface area contributed by atoms with Crippen LogP contribution in [0.25, 0.3) is 0 Å². The topological polar surface area (TPSA) is 225 Å². The van der Waals surface area contributed by atoms with Gasteiger partial charge in [0.15, 0.2) is 11.7 Å². The van der Waals surface area contributed by atoms with E-state index in [1.165, 1.54) is 47.0 Å². The van der Waals surface area contributed by atoms with Gasteiger partial charge in [-0.25, -0.2) is 9.78 Å². The first-order valence-electron chi connectivity index (χ1n) is 21.0. The maximum atomic E-state index is 15.1. The smallest absolute Gasteiger partial charge is 0.333 e. The van der Waals surface area contributed by atoms with Gasteiger partial charge in [0.05, 0.1) is 0 Å². The van der Waals surface area contributed by atoms with Crippen LogP contribution in [0, 0.1) is 5.92 Å². The number of nitrogens with zero attached hydrogens (tertiary/aromatic N) is 4. The number of ether oxygens (including phenoxy) is 1. The fourth-order valence-corrected chi connectivity index (χ4v) is 8.32. The summed E-state index contributed by atoms with van der Waals surface area (Å²) in [5, 5.41) is 18.3. The predicted octanol–water partition coefficient (Wildman–Crippen LogP) is 1.84. The van der Waals surface area contributed by atoms with Crippen LogP contribution < -0.4 is 16.0 Å². The van der Waals surface area contributed by atoms with Crippen LogP contribution >= 0.6 is 0 Å². The van der Waals surface area contributed by atoms with Gasteiger partial charge in [-0.2, -0.15) is 0 Å². The monoisotopic (exact) mass is 851 g/mol. The third kappa shape index (κ3) is 9.77. The van der Waals surface area contributed by atoms with Gasteiger partial charge in [-0.15, -0.1) is 0 Å². The van der Waals surface area contributed by atoms with Gasteiger partial charge < -0.3 is 40.5 Å². The minimum absolute atomic E-state index is 0.0477. The number of Topliss-reactive ketones (excluding diaryl/α,β-unsaturated/α-hetero) is 1. The summed E-state index contributed by atoms with van der Waals surface area (Å²) in [6, 6.07) is 11.7. The fraction of sp³-hybridized carbons (Fsp3) is 0.444. The van der Waals surface area contributed by atoms with Crippen LogP contribution in [0.2, 0.25) is 0 Å². The van der Waals surface area contributed by atoms with Crippen molar-refractivity contribution in [3.8, 4) is 5.75 Å². The molecule has 328 valence electrons. The molecule has 0 aliphatic carbocycles. The van der Waals surface area contributed by atoms with E-state index in [9.17, 15) is 38.7 Å². The Labute approximate surface area is 359 Å². The Morgan fingerprint density at radius 3 is 2.19 bits per heavy atom. The number of fused-ring (bicyclic) bond motifs is 2. The summed E-state index contributed by atoms with van der Waals surface area (Å²) in [5.74, 6) is -6.84. The summed E-state index contributed by atoms with van der Waals surface area (Å²) in [4.78, 5) is 122. The van der Waals surface area contributed by atoms with Gasteiger partial charge in [0, 0.05) is 45.1 Å². The molecule has 3 saturated heterocycles. The largest absolute Gasteiger partial charge is 0.505 e. The Bertz CT molecular complexity index is 2170. The molecule has 17 heteroatoms. The summed E-state index contributed by atoms with van der Waals surface area (Å²) in [6.07, 6.45) is 0.647. The molecule has 6 rings (SSSR count). The molecule has 2 aromatic carbocycles. The standard InChI is InChI=1S/C45H53N7O10/c1-5-28-25-52-32(24-35(28)54)39(55)49-37(29-17-11-8-12-18-29)45(61)62-26(3)36(48-41(57)38-34(53)20-13-21-46-38)40(56)47-30(6-2)42(58)51-22-14-19-31(51)43(59)50(4)33(44(52)60)23-27-15-9-7-10-16-27/h7-13,15-18,20-21,26,28,30-33,36-37,53H,5-6,14,19,22-25H2,1-4H3,(H,47,56)(H,48,57)(H,49,55)/t26-,28?,30-,31+,32+,33+,36+,37+/m1/s1. The van der Waals surface area contributed by atoms with Gasteiger partial charge >= 0.3 is 5.97 Å². The summed E-state index contributed by atoms with van der Waals surface area (Å²) in [7, 11) is 1.48. The lowest BCUT2D eigenvalue weighted by molar-refractivity contribution is -0.157. The molecule has 0 saturated carbocycles. The maximum Gasteiger partial charge on any atom is 0.333 e. The molecule has 6 amide bonds. The van der Waals surface area contributed by atoms with E-state index in [4.69, 9.17) is 4.74 Å². The van der Waals surface area contributed by atoms with Gasteiger partial charge in [0.1, 0.15) is 47.8 Å². The lowest BCUT2D eigenvalue weighted by Gasteiger charge is -2.42. The van der Waals surface area contributed by atoms with Crippen molar-refractivity contribution in [2.75, 3.05) is 20.1 Å². The summed E-state index contributed by atoms with van der Waals surface area (Å²) >= 11 is 0. The second kappa shape index (κ2) is 19.8. The molecule has 17 nitrogen and oxygen atoms in total. The number of likely N-dealkylation sites (N-methyl/N-ethyl adjacent to an activating group) is 1. The van der Waals surface area contributed by atoms with Gasteiger partial charge in [-0.3, -0.25) is 33.6 Å². The molecule has 1 aromatic heterocycles. The third-order valence-corrected chi connectivity index (χ3v) is 11.9. The number of cyclic esters (lactones) is 1. The van der Waals surface area contributed by atoms with Crippen molar-refractivity contribution in [1.82, 2.24) is 35.6 Å². The highest BCUT2D eigenvalue weighted by Crippen LogP contribution is 2.28. The Balaban J connectivity index is 1.45. The molecule has 3 fully saturated rings. The van der Waals surface area contributed by atoms with Crippen molar-refractivity contribution in [3.63, 3.8) is 0 Å². The molecule has 3 aliphatic heterocycles. The number of esters is 1. The Kier molecular flexibility index (Phi) is 14.3. The first kappa shape index (κ1) is 44.9. The lowest BCUT2D eigenvalue weighted by Crippen LogP contribution is -2.62. The van der Waals surface area contributed by atoms with E-state index in [1.54, 1.807) is 49.4 Å². The van der Waals surface area contributed by atoms with E-state index in [1.807, 2.05) is 25.1 Å². The number of rotatable bonds is 7. The molecule has 0 radical (unpaired) electrons. The number of hydrogen-bond acceptors (Lipinski definition) is 11. The normalized spacial score (nSPS) is 26.9. The van der Waals surface area contributed by atoms with Crippen molar-refractivity contribution in [3.05, 3.63) is 95.8 Å². The number of carbonyl (C=O) groups is 8. The minimum Gasteiger partial charge on any atom is -0.505 e. The highest BCUT2D eigenvalue weighted by atomic mass is 16.5. The number of hydrogen-bond donors (Lipinski definition) is 4. The number of carbonyl (C=O) groups excluding carboxylic acids is 8. The first-order valence-corrected chi connectivity index (χ1v) is 21.0. The molecule has 3 aromatic rings. The van der Waals surface area contributed by atoms with Gasteiger partial charge in [-0.05, 0) is 55.9 Å². The highest BCUT2D eigenvalue weighted by molar-refractivity contribution is 6.01. The van der Waals surface area contributed by atoms with Crippen LogP contribution in [0.15, 0.2) is 79.0 Å². The van der Waals surface area contributed by atoms with Crippen LogP contribution in [-0.2, 0) is 44.7 Å². The zero-order chi connectivity index (χ0) is 44.7. The average molecular weight is 852 g/mol. The number of benzene rings is 2. The number of aromatic hydroxyl groups is 1. The molecule has 8 atom stereocenters. The number of pyridine rings is 1. The highest BCUT2D eigenvalue weighted by Gasteiger charge is 2.47. The molecule has 62 heavy (non-hydrogen) atoms. The van der Waals surface area contributed by atoms with E-state index in [2.05, 4.69) is 20.9 Å². The molecule has 4 N–H and O–H groups in total. The number of ketones is 1. The van der Waals surface area contributed by atoms with E-state index in [-0.39, 0.29) is 50.1 Å². The van der Waals surface area contributed by atoms with Gasteiger partial charge in [-0.1, -0.05) is 74.5 Å². The summed E-state index contributed by atoms with van der Waals surface area (Å²) < 4.78 is 5.86. The Morgan fingerprint density at radius 1 is 0.839 bits per heavy atom. The number of aromatic nitrogens is 1. The fourth-order valence-electron chi connectivity index (χ4n) is 8.32. The number of nitrogens with one attached hydrogen (secondary N) is 3. The average Bonchev–Trinajstić information content (AvgIpc) is 3.77. The molecule has 3 aliphatic rings. The zero-order valence-electron chi connectivity index (χ0n) is 35.2. The van der Waals surface area contributed by atoms with Crippen LogP contribution in [0.1, 0.15) is 80.5 Å². The van der Waals surface area contributed by atoms with Crippen LogP contribution in [0.3, 0.4) is 0 Å². The van der Waals surface area contributed by atoms with Crippen molar-refractivity contribution >= 4 is 47.2 Å². The first-order chi connectivity index (χ1) is 29.7. The zero-order valence-corrected chi connectivity index (χ0v) is 35.2. The summed E-state index contributed by atoms with van der Waals surface area (Å²) in [5.41, 5.74) is 0.564. The van der Waals surface area contributed by atoms with Crippen molar-refractivity contribution < 1.29 is 48.2 Å². The second-order valence-electron chi connectivity index (χ2n) is 15.9. The van der Waals surface area contributed by atoms with Crippen molar-refractivity contribution in [1.29, 1.82) is 0 Å². The van der Waals surface area contributed by atoms with E-state index in [0.717, 1.165) is 5.56 Å². The number of piperidine rings is 1. The molecule has 1 unspecified atom stereocenters.